The van der Waals surface area contributed by atoms with Gasteiger partial charge in [-0.15, -0.1) is 11.3 Å². The SMILES string of the molecule is O=C(O)C=Cc1ccsc1CN1CCOC2CCCC21. The first kappa shape index (κ1) is 13.8. The fourth-order valence-corrected chi connectivity index (χ4v) is 4.07. The summed E-state index contributed by atoms with van der Waals surface area (Å²) >= 11 is 1.70. The molecule has 2 heterocycles. The van der Waals surface area contributed by atoms with Crippen molar-refractivity contribution in [3.63, 3.8) is 0 Å². The number of hydrogen-bond donors (Lipinski definition) is 1. The van der Waals surface area contributed by atoms with Crippen molar-refractivity contribution in [2.75, 3.05) is 13.2 Å². The lowest BCUT2D eigenvalue weighted by molar-refractivity contribution is -0.131. The van der Waals surface area contributed by atoms with Crippen molar-refractivity contribution in [2.45, 2.75) is 38.0 Å². The summed E-state index contributed by atoms with van der Waals surface area (Å²) in [6.45, 7) is 2.69. The maximum atomic E-state index is 10.6. The zero-order chi connectivity index (χ0) is 13.9. The molecule has 2 unspecified atom stereocenters. The molecule has 5 heteroatoms. The van der Waals surface area contributed by atoms with Crippen molar-refractivity contribution in [2.24, 2.45) is 0 Å². The van der Waals surface area contributed by atoms with Gasteiger partial charge in [0.2, 0.25) is 0 Å². The highest BCUT2D eigenvalue weighted by atomic mass is 32.1. The maximum Gasteiger partial charge on any atom is 0.328 e. The van der Waals surface area contributed by atoms with Crippen molar-refractivity contribution in [1.82, 2.24) is 4.90 Å². The Balaban J connectivity index is 1.71. The van der Waals surface area contributed by atoms with E-state index in [1.807, 2.05) is 11.4 Å². The molecular formula is C15H19NO3S. The molecule has 0 radical (unpaired) electrons. The number of aliphatic carboxylic acids is 1. The fraction of sp³-hybridized carbons (Fsp3) is 0.533. The molecule has 108 valence electrons. The van der Waals surface area contributed by atoms with E-state index in [4.69, 9.17) is 9.84 Å². The number of carbonyl (C=O) groups is 1. The molecule has 2 aliphatic rings. The molecule has 0 spiro atoms. The van der Waals surface area contributed by atoms with Gasteiger partial charge in [0.1, 0.15) is 0 Å². The van der Waals surface area contributed by atoms with Crippen molar-refractivity contribution in [3.05, 3.63) is 28.0 Å². The number of hydrogen-bond acceptors (Lipinski definition) is 4. The number of fused-ring (bicyclic) bond motifs is 1. The average molecular weight is 293 g/mol. The van der Waals surface area contributed by atoms with E-state index in [1.54, 1.807) is 17.4 Å². The van der Waals surface area contributed by atoms with Gasteiger partial charge in [-0.25, -0.2) is 4.79 Å². The molecule has 20 heavy (non-hydrogen) atoms. The number of thiophene rings is 1. The second-order valence-corrected chi connectivity index (χ2v) is 6.35. The molecule has 0 bridgehead atoms. The van der Waals surface area contributed by atoms with E-state index < -0.39 is 5.97 Å². The third kappa shape index (κ3) is 2.95. The monoisotopic (exact) mass is 293 g/mol. The molecule has 1 aliphatic heterocycles. The van der Waals surface area contributed by atoms with Gasteiger partial charge in [-0.05, 0) is 42.3 Å². The van der Waals surface area contributed by atoms with Crippen LogP contribution < -0.4 is 0 Å². The lowest BCUT2D eigenvalue weighted by atomic mass is 10.1. The standard InChI is InChI=1S/C15H19NO3S/c17-15(18)5-4-11-6-9-20-14(11)10-16-7-8-19-13-3-1-2-12(13)16/h4-6,9,12-13H,1-3,7-8,10H2,(H,17,18). The molecule has 0 aromatic carbocycles. The Morgan fingerprint density at radius 2 is 2.45 bits per heavy atom. The predicted molar refractivity (Wildman–Crippen MR) is 78.8 cm³/mol. The molecule has 1 aliphatic carbocycles. The fourth-order valence-electron chi connectivity index (χ4n) is 3.18. The van der Waals surface area contributed by atoms with Gasteiger partial charge in [-0.1, -0.05) is 0 Å². The summed E-state index contributed by atoms with van der Waals surface area (Å²) in [5.74, 6) is -0.899. The first-order chi connectivity index (χ1) is 9.74. The average Bonchev–Trinajstić information content (AvgIpc) is 3.05. The molecule has 2 atom stereocenters. The van der Waals surface area contributed by atoms with E-state index in [1.165, 1.54) is 30.2 Å². The van der Waals surface area contributed by atoms with Crippen LogP contribution in [0.25, 0.3) is 6.08 Å². The number of morpholine rings is 1. The van der Waals surface area contributed by atoms with Crippen LogP contribution in [0, 0.1) is 0 Å². The normalized spacial score (nSPS) is 27.0. The minimum atomic E-state index is -0.899. The Morgan fingerprint density at radius 1 is 1.55 bits per heavy atom. The Kier molecular flexibility index (Phi) is 4.19. The van der Waals surface area contributed by atoms with Gasteiger partial charge in [-0.3, -0.25) is 4.90 Å². The first-order valence-electron chi connectivity index (χ1n) is 7.07. The highest BCUT2D eigenvalue weighted by Gasteiger charge is 2.36. The summed E-state index contributed by atoms with van der Waals surface area (Å²) in [5, 5.41) is 10.8. The summed E-state index contributed by atoms with van der Waals surface area (Å²) in [4.78, 5) is 14.4. The number of nitrogens with zero attached hydrogens (tertiary/aromatic N) is 1. The van der Waals surface area contributed by atoms with Gasteiger partial charge in [-0.2, -0.15) is 0 Å². The van der Waals surface area contributed by atoms with Crippen LogP contribution in [-0.4, -0.2) is 41.3 Å². The highest BCUT2D eigenvalue weighted by Crippen LogP contribution is 2.32. The number of rotatable bonds is 4. The Morgan fingerprint density at radius 3 is 3.30 bits per heavy atom. The second kappa shape index (κ2) is 6.08. The van der Waals surface area contributed by atoms with Crippen LogP contribution >= 0.6 is 11.3 Å². The van der Waals surface area contributed by atoms with Gasteiger partial charge in [0, 0.05) is 30.1 Å². The molecule has 1 saturated heterocycles. The number of carboxylic acids is 1. The van der Waals surface area contributed by atoms with Crippen LogP contribution in [0.15, 0.2) is 17.5 Å². The molecule has 4 nitrogen and oxygen atoms in total. The minimum Gasteiger partial charge on any atom is -0.478 e. The lowest BCUT2D eigenvalue weighted by Gasteiger charge is -2.37. The lowest BCUT2D eigenvalue weighted by Crippen LogP contribution is -2.47. The Hall–Kier alpha value is -1.17. The smallest absolute Gasteiger partial charge is 0.328 e. The summed E-state index contributed by atoms with van der Waals surface area (Å²) in [6, 6.07) is 2.54. The molecule has 1 N–H and O–H groups in total. The first-order valence-corrected chi connectivity index (χ1v) is 7.95. The molecule has 0 amide bonds. The zero-order valence-electron chi connectivity index (χ0n) is 11.3. The predicted octanol–water partition coefficient (Wildman–Crippen LogP) is 2.60. The maximum absolute atomic E-state index is 10.6. The van der Waals surface area contributed by atoms with Crippen LogP contribution in [-0.2, 0) is 16.1 Å². The van der Waals surface area contributed by atoms with Gasteiger partial charge in [0.15, 0.2) is 0 Å². The molecular weight excluding hydrogens is 274 g/mol. The van der Waals surface area contributed by atoms with E-state index in [9.17, 15) is 4.79 Å². The van der Waals surface area contributed by atoms with Gasteiger partial charge >= 0.3 is 5.97 Å². The third-order valence-electron chi connectivity index (χ3n) is 4.13. The van der Waals surface area contributed by atoms with E-state index in [-0.39, 0.29) is 0 Å². The molecule has 1 aromatic heterocycles. The van der Waals surface area contributed by atoms with Crippen molar-refractivity contribution in [3.8, 4) is 0 Å². The zero-order valence-corrected chi connectivity index (χ0v) is 12.1. The Labute approximate surface area is 122 Å². The summed E-state index contributed by atoms with van der Waals surface area (Å²) < 4.78 is 5.83. The van der Waals surface area contributed by atoms with Crippen LogP contribution in [0.5, 0.6) is 0 Å². The van der Waals surface area contributed by atoms with Crippen LogP contribution in [0.3, 0.4) is 0 Å². The molecule has 2 fully saturated rings. The molecule has 3 rings (SSSR count). The van der Waals surface area contributed by atoms with E-state index in [0.29, 0.717) is 12.1 Å². The van der Waals surface area contributed by atoms with E-state index >= 15 is 0 Å². The topological polar surface area (TPSA) is 49.8 Å². The van der Waals surface area contributed by atoms with Crippen LogP contribution in [0.2, 0.25) is 0 Å². The van der Waals surface area contributed by atoms with E-state index in [2.05, 4.69) is 4.90 Å². The third-order valence-corrected chi connectivity index (χ3v) is 5.05. The molecule has 1 saturated carbocycles. The van der Waals surface area contributed by atoms with Crippen molar-refractivity contribution in [1.29, 1.82) is 0 Å². The summed E-state index contributed by atoms with van der Waals surface area (Å²) in [7, 11) is 0. The van der Waals surface area contributed by atoms with E-state index in [0.717, 1.165) is 25.3 Å². The van der Waals surface area contributed by atoms with Crippen LogP contribution in [0.1, 0.15) is 29.7 Å². The largest absolute Gasteiger partial charge is 0.478 e. The van der Waals surface area contributed by atoms with Gasteiger partial charge in [0.05, 0.1) is 12.7 Å². The number of carboxylic acid groups (broad SMARTS) is 1. The number of ether oxygens (including phenoxy) is 1. The summed E-state index contributed by atoms with van der Waals surface area (Å²) in [6.07, 6.45) is 6.96. The quantitative estimate of drug-likeness (QED) is 0.867. The van der Waals surface area contributed by atoms with Crippen LogP contribution in [0.4, 0.5) is 0 Å². The highest BCUT2D eigenvalue weighted by molar-refractivity contribution is 7.10. The van der Waals surface area contributed by atoms with Gasteiger partial charge in [0.25, 0.3) is 0 Å². The van der Waals surface area contributed by atoms with Gasteiger partial charge < -0.3 is 9.84 Å². The van der Waals surface area contributed by atoms with Crippen molar-refractivity contribution < 1.29 is 14.6 Å². The summed E-state index contributed by atoms with van der Waals surface area (Å²) in [5.41, 5.74) is 1.03. The molecule has 1 aromatic rings. The second-order valence-electron chi connectivity index (χ2n) is 5.35. The minimum absolute atomic E-state index is 0.404. The Bertz CT molecular complexity index is 511. The van der Waals surface area contributed by atoms with Crippen molar-refractivity contribution >= 4 is 23.4 Å².